The minimum atomic E-state index is -4.44. The van der Waals surface area contributed by atoms with Gasteiger partial charge in [-0.2, -0.15) is 18.2 Å². The van der Waals surface area contributed by atoms with Gasteiger partial charge >= 0.3 is 6.18 Å². The van der Waals surface area contributed by atoms with E-state index in [-0.39, 0.29) is 36.2 Å². The van der Waals surface area contributed by atoms with Crippen molar-refractivity contribution in [2.75, 3.05) is 10.6 Å². The highest BCUT2D eigenvalue weighted by atomic mass is 32.1. The van der Waals surface area contributed by atoms with Crippen molar-refractivity contribution in [1.29, 1.82) is 0 Å². The van der Waals surface area contributed by atoms with Crippen LogP contribution in [0.25, 0.3) is 22.3 Å². The van der Waals surface area contributed by atoms with Crippen molar-refractivity contribution in [3.8, 4) is 11.3 Å². The van der Waals surface area contributed by atoms with Gasteiger partial charge in [-0.25, -0.2) is 14.4 Å². The van der Waals surface area contributed by atoms with E-state index in [1.54, 1.807) is 24.3 Å². The number of thiol groups is 1. The van der Waals surface area contributed by atoms with Crippen LogP contribution in [0.4, 0.5) is 29.3 Å². The lowest BCUT2D eigenvalue weighted by atomic mass is 10.1. The lowest BCUT2D eigenvalue weighted by Crippen LogP contribution is -2.39. The van der Waals surface area contributed by atoms with Crippen LogP contribution in [0.3, 0.4) is 0 Å². The van der Waals surface area contributed by atoms with E-state index in [9.17, 15) is 17.6 Å². The van der Waals surface area contributed by atoms with Gasteiger partial charge in [-0.1, -0.05) is 12.1 Å². The number of hydrogen-bond acceptors (Lipinski definition) is 6. The highest BCUT2D eigenvalue weighted by Crippen LogP contribution is 2.51. The second-order valence-corrected chi connectivity index (χ2v) is 9.15. The standard InChI is InChI=1S/C25H21F4N5S/c1-14(15-4-8-18(35)9-5-15)30-23-32-20-11-10-19(16-2-6-17(26)7-3-16)31-21(20)22(33-23)34-24(12-13-24)25(27,28)29/h2-11,14,35H,12-13H2,1H3,(H2,30,32,33,34)/t14-/m1/s1. The van der Waals surface area contributed by atoms with Gasteiger partial charge in [-0.15, -0.1) is 12.6 Å². The minimum Gasteiger partial charge on any atom is -0.354 e. The Morgan fingerprint density at radius 2 is 1.60 bits per heavy atom. The van der Waals surface area contributed by atoms with Gasteiger partial charge in [0, 0.05) is 10.5 Å². The van der Waals surface area contributed by atoms with Crippen LogP contribution in [0, 0.1) is 5.82 Å². The summed E-state index contributed by atoms with van der Waals surface area (Å²) in [5, 5.41) is 5.78. The summed E-state index contributed by atoms with van der Waals surface area (Å²) in [6.07, 6.45) is -4.53. The van der Waals surface area contributed by atoms with Gasteiger partial charge in [0.25, 0.3) is 0 Å². The van der Waals surface area contributed by atoms with Gasteiger partial charge < -0.3 is 10.6 Å². The number of pyridine rings is 1. The van der Waals surface area contributed by atoms with Crippen molar-refractivity contribution in [3.05, 3.63) is 72.0 Å². The van der Waals surface area contributed by atoms with Gasteiger partial charge in [0.2, 0.25) is 5.95 Å². The van der Waals surface area contributed by atoms with E-state index in [0.717, 1.165) is 10.5 Å². The Balaban J connectivity index is 1.56. The second-order valence-electron chi connectivity index (χ2n) is 8.63. The predicted molar refractivity (Wildman–Crippen MR) is 130 cm³/mol. The molecule has 0 bridgehead atoms. The lowest BCUT2D eigenvalue weighted by Gasteiger charge is -2.23. The van der Waals surface area contributed by atoms with Gasteiger partial charge in [0.1, 0.15) is 16.9 Å². The summed E-state index contributed by atoms with van der Waals surface area (Å²) >= 11 is 4.29. The number of rotatable bonds is 6. The molecule has 2 heterocycles. The van der Waals surface area contributed by atoms with E-state index in [1.807, 2.05) is 31.2 Å². The smallest absolute Gasteiger partial charge is 0.354 e. The van der Waals surface area contributed by atoms with Crippen LogP contribution < -0.4 is 10.6 Å². The molecule has 1 aliphatic carbocycles. The van der Waals surface area contributed by atoms with Gasteiger partial charge in [-0.3, -0.25) is 0 Å². The zero-order chi connectivity index (χ0) is 24.8. The molecule has 10 heteroatoms. The molecule has 2 N–H and O–H groups in total. The maximum absolute atomic E-state index is 13.7. The Morgan fingerprint density at radius 1 is 0.914 bits per heavy atom. The Morgan fingerprint density at radius 3 is 2.23 bits per heavy atom. The number of nitrogens with zero attached hydrogens (tertiary/aromatic N) is 3. The largest absolute Gasteiger partial charge is 0.411 e. The number of benzene rings is 2. The maximum atomic E-state index is 13.7. The first-order valence-corrected chi connectivity index (χ1v) is 11.4. The molecule has 1 saturated carbocycles. The monoisotopic (exact) mass is 499 g/mol. The van der Waals surface area contributed by atoms with Crippen molar-refractivity contribution in [2.24, 2.45) is 0 Å². The van der Waals surface area contributed by atoms with Crippen LogP contribution in [0.1, 0.15) is 31.4 Å². The van der Waals surface area contributed by atoms with E-state index in [0.29, 0.717) is 16.8 Å². The fourth-order valence-electron chi connectivity index (χ4n) is 3.82. The number of anilines is 2. The van der Waals surface area contributed by atoms with Gasteiger partial charge in [-0.05, 0) is 73.9 Å². The zero-order valence-electron chi connectivity index (χ0n) is 18.6. The van der Waals surface area contributed by atoms with Gasteiger partial charge in [0.05, 0.1) is 17.3 Å². The van der Waals surface area contributed by atoms with E-state index in [4.69, 9.17) is 0 Å². The first kappa shape index (κ1) is 23.3. The number of aromatic nitrogens is 3. The Kier molecular flexibility index (Phi) is 5.79. The average Bonchev–Trinajstić information content (AvgIpc) is 3.61. The summed E-state index contributed by atoms with van der Waals surface area (Å²) in [5.74, 6) is -0.221. The summed E-state index contributed by atoms with van der Waals surface area (Å²) in [6.45, 7) is 1.90. The van der Waals surface area contributed by atoms with E-state index < -0.39 is 17.5 Å². The molecule has 2 aromatic carbocycles. The fourth-order valence-corrected chi connectivity index (χ4v) is 3.97. The third-order valence-electron chi connectivity index (χ3n) is 6.07. The second kappa shape index (κ2) is 8.67. The van der Waals surface area contributed by atoms with Crippen LogP contribution in [0.15, 0.2) is 65.6 Å². The quantitative estimate of drug-likeness (QED) is 0.201. The summed E-state index contributed by atoms with van der Waals surface area (Å²) in [5.41, 5.74) is 0.598. The van der Waals surface area contributed by atoms with E-state index >= 15 is 0 Å². The molecule has 0 saturated heterocycles. The first-order chi connectivity index (χ1) is 16.6. The minimum absolute atomic E-state index is 0.00538. The molecule has 180 valence electrons. The molecule has 1 atom stereocenters. The molecule has 0 amide bonds. The number of nitrogens with one attached hydrogen (secondary N) is 2. The van der Waals surface area contributed by atoms with Crippen LogP contribution in [0.2, 0.25) is 0 Å². The van der Waals surface area contributed by atoms with Crippen LogP contribution in [-0.2, 0) is 0 Å². The highest BCUT2D eigenvalue weighted by Gasteiger charge is 2.64. The molecular formula is C25H21F4N5S. The molecule has 0 unspecified atom stereocenters. The van der Waals surface area contributed by atoms with Crippen molar-refractivity contribution in [3.63, 3.8) is 0 Å². The Labute approximate surface area is 204 Å². The average molecular weight is 500 g/mol. The highest BCUT2D eigenvalue weighted by molar-refractivity contribution is 7.80. The summed E-state index contributed by atoms with van der Waals surface area (Å²) < 4.78 is 54.6. The topological polar surface area (TPSA) is 62.7 Å². The molecule has 0 radical (unpaired) electrons. The van der Waals surface area contributed by atoms with Crippen LogP contribution in [-0.4, -0.2) is 26.7 Å². The fraction of sp³-hybridized carbons (Fsp3) is 0.240. The predicted octanol–water partition coefficient (Wildman–Crippen LogP) is 6.80. The summed E-state index contributed by atoms with van der Waals surface area (Å²) in [6, 6.07) is 16.4. The molecular weight excluding hydrogens is 478 g/mol. The number of hydrogen-bond donors (Lipinski definition) is 3. The first-order valence-electron chi connectivity index (χ1n) is 11.0. The molecule has 2 aromatic heterocycles. The Hall–Kier alpha value is -3.40. The molecule has 1 fully saturated rings. The third-order valence-corrected chi connectivity index (χ3v) is 6.37. The lowest BCUT2D eigenvalue weighted by molar-refractivity contribution is -0.151. The van der Waals surface area contributed by atoms with E-state index in [1.165, 1.54) is 12.1 Å². The molecule has 35 heavy (non-hydrogen) atoms. The number of fused-ring (bicyclic) bond motifs is 1. The molecule has 1 aliphatic rings. The molecule has 4 aromatic rings. The normalized spacial score (nSPS) is 15.6. The molecule has 0 spiro atoms. The third kappa shape index (κ3) is 4.75. The van der Waals surface area contributed by atoms with E-state index in [2.05, 4.69) is 38.2 Å². The number of halogens is 4. The van der Waals surface area contributed by atoms with Crippen molar-refractivity contribution in [1.82, 2.24) is 15.0 Å². The SMILES string of the molecule is C[C@@H](Nc1nc(NC2(C(F)(F)F)CC2)c2nc(-c3ccc(F)cc3)ccc2n1)c1ccc(S)cc1. The summed E-state index contributed by atoms with van der Waals surface area (Å²) in [4.78, 5) is 14.3. The van der Waals surface area contributed by atoms with Gasteiger partial charge in [0.15, 0.2) is 5.82 Å². The van der Waals surface area contributed by atoms with Crippen molar-refractivity contribution >= 4 is 35.4 Å². The van der Waals surface area contributed by atoms with Crippen molar-refractivity contribution in [2.45, 2.75) is 42.4 Å². The summed E-state index contributed by atoms with van der Waals surface area (Å²) in [7, 11) is 0. The van der Waals surface area contributed by atoms with Crippen molar-refractivity contribution < 1.29 is 17.6 Å². The zero-order valence-corrected chi connectivity index (χ0v) is 19.5. The van der Waals surface area contributed by atoms with Crippen LogP contribution >= 0.6 is 12.6 Å². The molecule has 5 rings (SSSR count). The van der Waals surface area contributed by atoms with Crippen LogP contribution in [0.5, 0.6) is 0 Å². The molecule has 0 aliphatic heterocycles. The Bertz CT molecular complexity index is 1370. The molecule has 5 nitrogen and oxygen atoms in total. The number of alkyl halides is 3. The maximum Gasteiger partial charge on any atom is 0.411 e.